The first-order chi connectivity index (χ1) is 8.66. The maximum absolute atomic E-state index is 12.0. The molecular weight excluding hydrogens is 228 g/mol. The average Bonchev–Trinajstić information content (AvgIpc) is 2.66. The SMILES string of the molecule is Cc1cc2oc(C)c(-c3ccccc3)c2c(=O)o1. The van der Waals surface area contributed by atoms with Gasteiger partial charge in [0, 0.05) is 11.6 Å². The molecule has 3 rings (SSSR count). The van der Waals surface area contributed by atoms with Crippen LogP contribution in [0.4, 0.5) is 0 Å². The van der Waals surface area contributed by atoms with Crippen LogP contribution in [-0.4, -0.2) is 0 Å². The summed E-state index contributed by atoms with van der Waals surface area (Å²) in [4.78, 5) is 12.0. The number of hydrogen-bond donors (Lipinski definition) is 0. The molecule has 0 bridgehead atoms. The van der Waals surface area contributed by atoms with Gasteiger partial charge >= 0.3 is 5.63 Å². The normalized spacial score (nSPS) is 11.0. The zero-order valence-corrected chi connectivity index (χ0v) is 10.2. The molecule has 1 aromatic carbocycles. The molecule has 3 aromatic rings. The lowest BCUT2D eigenvalue weighted by molar-refractivity contribution is 0.484. The van der Waals surface area contributed by atoms with Crippen molar-refractivity contribution >= 4 is 11.0 Å². The van der Waals surface area contributed by atoms with Gasteiger partial charge in [0.2, 0.25) is 0 Å². The summed E-state index contributed by atoms with van der Waals surface area (Å²) in [5, 5.41) is 0.518. The van der Waals surface area contributed by atoms with Crippen molar-refractivity contribution in [2.45, 2.75) is 13.8 Å². The minimum atomic E-state index is -0.347. The second kappa shape index (κ2) is 3.88. The molecule has 0 saturated carbocycles. The zero-order valence-electron chi connectivity index (χ0n) is 10.2. The third kappa shape index (κ3) is 1.56. The van der Waals surface area contributed by atoms with E-state index in [0.29, 0.717) is 16.7 Å². The van der Waals surface area contributed by atoms with E-state index in [4.69, 9.17) is 8.83 Å². The summed E-state index contributed by atoms with van der Waals surface area (Å²) < 4.78 is 10.8. The highest BCUT2D eigenvalue weighted by Crippen LogP contribution is 2.32. The van der Waals surface area contributed by atoms with Crippen molar-refractivity contribution < 1.29 is 8.83 Å². The van der Waals surface area contributed by atoms with E-state index in [2.05, 4.69) is 0 Å². The van der Waals surface area contributed by atoms with Crippen LogP contribution in [0.3, 0.4) is 0 Å². The Balaban J connectivity index is 2.44. The van der Waals surface area contributed by atoms with E-state index in [0.717, 1.165) is 16.9 Å². The Labute approximate surface area is 104 Å². The molecule has 90 valence electrons. The molecule has 0 saturated heterocycles. The number of benzene rings is 1. The summed E-state index contributed by atoms with van der Waals surface area (Å²) in [6.45, 7) is 3.60. The average molecular weight is 240 g/mol. The van der Waals surface area contributed by atoms with Gasteiger partial charge < -0.3 is 8.83 Å². The summed E-state index contributed by atoms with van der Waals surface area (Å²) in [6.07, 6.45) is 0. The fourth-order valence-corrected chi connectivity index (χ4v) is 2.23. The van der Waals surface area contributed by atoms with Gasteiger partial charge in [-0.1, -0.05) is 30.3 Å². The molecular formula is C15H12O3. The van der Waals surface area contributed by atoms with E-state index in [1.165, 1.54) is 0 Å². The molecule has 0 amide bonds. The summed E-state index contributed by atoms with van der Waals surface area (Å²) in [7, 11) is 0. The van der Waals surface area contributed by atoms with Crippen molar-refractivity contribution in [2.24, 2.45) is 0 Å². The second-order valence-corrected chi connectivity index (χ2v) is 4.28. The van der Waals surface area contributed by atoms with Crippen LogP contribution in [-0.2, 0) is 0 Å². The molecule has 0 spiro atoms. The molecule has 0 aliphatic rings. The van der Waals surface area contributed by atoms with E-state index in [1.807, 2.05) is 37.3 Å². The first-order valence-electron chi connectivity index (χ1n) is 5.76. The van der Waals surface area contributed by atoms with E-state index in [9.17, 15) is 4.79 Å². The number of rotatable bonds is 1. The standard InChI is InChI=1S/C15H12O3/c1-9-8-12-14(15(16)17-9)13(10(2)18-12)11-6-4-3-5-7-11/h3-8H,1-2H3. The minimum Gasteiger partial charge on any atom is -0.460 e. The number of fused-ring (bicyclic) bond motifs is 1. The Morgan fingerprint density at radius 2 is 1.72 bits per heavy atom. The fraction of sp³-hybridized carbons (Fsp3) is 0.133. The highest BCUT2D eigenvalue weighted by molar-refractivity contribution is 5.94. The van der Waals surface area contributed by atoms with E-state index in [-0.39, 0.29) is 5.63 Å². The van der Waals surface area contributed by atoms with Gasteiger partial charge in [-0.15, -0.1) is 0 Å². The highest BCUT2D eigenvalue weighted by Gasteiger charge is 2.17. The van der Waals surface area contributed by atoms with Gasteiger partial charge in [-0.25, -0.2) is 4.79 Å². The minimum absolute atomic E-state index is 0.347. The molecule has 0 aliphatic heterocycles. The summed E-state index contributed by atoms with van der Waals surface area (Å²) in [5.41, 5.74) is 2.02. The fourth-order valence-electron chi connectivity index (χ4n) is 2.23. The van der Waals surface area contributed by atoms with Gasteiger partial charge in [0.15, 0.2) is 0 Å². The van der Waals surface area contributed by atoms with Gasteiger partial charge in [0.1, 0.15) is 22.5 Å². The smallest absolute Gasteiger partial charge is 0.347 e. The van der Waals surface area contributed by atoms with Crippen molar-refractivity contribution in [3.63, 3.8) is 0 Å². The van der Waals surface area contributed by atoms with Gasteiger partial charge in [-0.2, -0.15) is 0 Å². The van der Waals surface area contributed by atoms with Gasteiger partial charge in [0.25, 0.3) is 0 Å². The Kier molecular flexibility index (Phi) is 2.33. The number of aryl methyl sites for hydroxylation is 2. The van der Waals surface area contributed by atoms with Crippen LogP contribution >= 0.6 is 0 Å². The highest BCUT2D eigenvalue weighted by atomic mass is 16.4. The van der Waals surface area contributed by atoms with Crippen LogP contribution in [0.15, 0.2) is 50.0 Å². The quantitative estimate of drug-likeness (QED) is 0.651. The molecule has 0 N–H and O–H groups in total. The first kappa shape index (κ1) is 10.8. The topological polar surface area (TPSA) is 43.4 Å². The zero-order chi connectivity index (χ0) is 12.7. The maximum atomic E-state index is 12.0. The lowest BCUT2D eigenvalue weighted by Crippen LogP contribution is -1.99. The summed E-state index contributed by atoms with van der Waals surface area (Å²) in [5.74, 6) is 1.29. The molecule has 3 heteroatoms. The molecule has 0 atom stereocenters. The molecule has 2 aromatic heterocycles. The monoisotopic (exact) mass is 240 g/mol. The van der Waals surface area contributed by atoms with E-state index < -0.39 is 0 Å². The van der Waals surface area contributed by atoms with Crippen LogP contribution in [0.2, 0.25) is 0 Å². The first-order valence-corrected chi connectivity index (χ1v) is 5.76. The van der Waals surface area contributed by atoms with E-state index >= 15 is 0 Å². The third-order valence-corrected chi connectivity index (χ3v) is 2.97. The molecule has 0 unspecified atom stereocenters. The second-order valence-electron chi connectivity index (χ2n) is 4.28. The predicted octanol–water partition coefficient (Wildman–Crippen LogP) is 3.67. The molecule has 18 heavy (non-hydrogen) atoms. The van der Waals surface area contributed by atoms with Crippen LogP contribution in [0.1, 0.15) is 11.5 Å². The summed E-state index contributed by atoms with van der Waals surface area (Å²) >= 11 is 0. The lowest BCUT2D eigenvalue weighted by Gasteiger charge is -1.98. The Bertz CT molecular complexity index is 764. The van der Waals surface area contributed by atoms with Gasteiger partial charge in [0.05, 0.1) is 0 Å². The van der Waals surface area contributed by atoms with Crippen molar-refractivity contribution in [2.75, 3.05) is 0 Å². The largest absolute Gasteiger partial charge is 0.460 e. The van der Waals surface area contributed by atoms with Gasteiger partial charge in [-0.3, -0.25) is 0 Å². The van der Waals surface area contributed by atoms with Crippen molar-refractivity contribution in [1.82, 2.24) is 0 Å². The van der Waals surface area contributed by atoms with Crippen molar-refractivity contribution in [1.29, 1.82) is 0 Å². The Morgan fingerprint density at radius 3 is 2.44 bits per heavy atom. The van der Waals surface area contributed by atoms with E-state index in [1.54, 1.807) is 13.0 Å². The van der Waals surface area contributed by atoms with Crippen LogP contribution < -0.4 is 5.63 Å². The van der Waals surface area contributed by atoms with Crippen LogP contribution in [0.5, 0.6) is 0 Å². The van der Waals surface area contributed by atoms with Crippen LogP contribution in [0, 0.1) is 13.8 Å². The molecule has 2 heterocycles. The maximum Gasteiger partial charge on any atom is 0.347 e. The molecule has 0 radical (unpaired) electrons. The predicted molar refractivity (Wildman–Crippen MR) is 69.7 cm³/mol. The van der Waals surface area contributed by atoms with Crippen LogP contribution in [0.25, 0.3) is 22.1 Å². The molecule has 3 nitrogen and oxygen atoms in total. The number of hydrogen-bond acceptors (Lipinski definition) is 3. The van der Waals surface area contributed by atoms with Gasteiger partial charge in [-0.05, 0) is 19.4 Å². The Morgan fingerprint density at radius 1 is 1.00 bits per heavy atom. The van der Waals surface area contributed by atoms with Crippen molar-refractivity contribution in [3.05, 3.63) is 58.3 Å². The molecule has 0 fully saturated rings. The third-order valence-electron chi connectivity index (χ3n) is 2.97. The Hall–Kier alpha value is -2.29. The summed E-state index contributed by atoms with van der Waals surface area (Å²) in [6, 6.07) is 11.5. The molecule has 0 aliphatic carbocycles. The number of furan rings is 1. The lowest BCUT2D eigenvalue weighted by atomic mass is 10.0. The van der Waals surface area contributed by atoms with Crippen molar-refractivity contribution in [3.8, 4) is 11.1 Å².